The van der Waals surface area contributed by atoms with Crippen molar-refractivity contribution in [2.75, 3.05) is 20.0 Å². The van der Waals surface area contributed by atoms with E-state index in [4.69, 9.17) is 14.6 Å². The SMILES string of the molecule is COc1ccc(OC)c(CNS(=O)(=O)CCCC(=O)O)c1. The van der Waals surface area contributed by atoms with E-state index in [2.05, 4.69) is 4.72 Å². The zero-order valence-corrected chi connectivity index (χ0v) is 12.8. The van der Waals surface area contributed by atoms with Crippen LogP contribution in [0.5, 0.6) is 11.5 Å². The highest BCUT2D eigenvalue weighted by Crippen LogP contribution is 2.23. The number of rotatable bonds is 9. The smallest absolute Gasteiger partial charge is 0.303 e. The second kappa shape index (κ2) is 7.84. The first-order chi connectivity index (χ1) is 9.88. The van der Waals surface area contributed by atoms with Gasteiger partial charge in [-0.05, 0) is 24.6 Å². The first-order valence-electron chi connectivity index (χ1n) is 6.28. The fraction of sp³-hybridized carbons (Fsp3) is 0.462. The number of carbonyl (C=O) groups is 1. The third kappa shape index (κ3) is 6.01. The maximum Gasteiger partial charge on any atom is 0.303 e. The van der Waals surface area contributed by atoms with Crippen LogP contribution in [0.15, 0.2) is 18.2 Å². The van der Waals surface area contributed by atoms with E-state index in [-0.39, 0.29) is 25.1 Å². The Hall–Kier alpha value is -1.80. The predicted molar refractivity (Wildman–Crippen MR) is 77.0 cm³/mol. The van der Waals surface area contributed by atoms with Crippen molar-refractivity contribution in [2.24, 2.45) is 0 Å². The number of aliphatic carboxylic acids is 1. The molecule has 1 rings (SSSR count). The molecule has 0 aliphatic heterocycles. The van der Waals surface area contributed by atoms with Crippen LogP contribution in [0.4, 0.5) is 0 Å². The standard InChI is InChI=1S/C13H19NO6S/c1-19-11-5-6-12(20-2)10(8-11)9-14-21(17,18)7-3-4-13(15)16/h5-6,8,14H,3-4,7,9H2,1-2H3,(H,15,16). The van der Waals surface area contributed by atoms with Crippen LogP contribution >= 0.6 is 0 Å². The second-order valence-corrected chi connectivity index (χ2v) is 6.24. The predicted octanol–water partition coefficient (Wildman–Crippen LogP) is 0.988. The Bertz CT molecular complexity index is 584. The summed E-state index contributed by atoms with van der Waals surface area (Å²) in [5, 5.41) is 8.50. The first-order valence-corrected chi connectivity index (χ1v) is 7.93. The minimum Gasteiger partial charge on any atom is -0.497 e. The maximum absolute atomic E-state index is 11.8. The zero-order chi connectivity index (χ0) is 15.9. The molecule has 0 amide bonds. The maximum atomic E-state index is 11.8. The van der Waals surface area contributed by atoms with Gasteiger partial charge in [-0.2, -0.15) is 0 Å². The summed E-state index contributed by atoms with van der Waals surface area (Å²) in [4.78, 5) is 10.4. The molecule has 0 aliphatic rings. The van der Waals surface area contributed by atoms with Gasteiger partial charge >= 0.3 is 5.97 Å². The summed E-state index contributed by atoms with van der Waals surface area (Å²) in [6, 6.07) is 5.08. The summed E-state index contributed by atoms with van der Waals surface area (Å²) in [7, 11) is -0.521. The van der Waals surface area contributed by atoms with Gasteiger partial charge in [0.15, 0.2) is 0 Å². The number of hydrogen-bond acceptors (Lipinski definition) is 5. The lowest BCUT2D eigenvalue weighted by atomic mass is 10.2. The van der Waals surface area contributed by atoms with Crippen LogP contribution in [0.25, 0.3) is 0 Å². The molecule has 21 heavy (non-hydrogen) atoms. The van der Waals surface area contributed by atoms with Crippen molar-refractivity contribution in [1.82, 2.24) is 4.72 Å². The lowest BCUT2D eigenvalue weighted by Crippen LogP contribution is -2.26. The largest absolute Gasteiger partial charge is 0.497 e. The van der Waals surface area contributed by atoms with Gasteiger partial charge < -0.3 is 14.6 Å². The van der Waals surface area contributed by atoms with Crippen molar-refractivity contribution < 1.29 is 27.8 Å². The molecule has 7 nitrogen and oxygen atoms in total. The summed E-state index contributed by atoms with van der Waals surface area (Å²) in [6.45, 7) is 0.0514. The molecule has 0 fully saturated rings. The molecule has 0 saturated carbocycles. The van der Waals surface area contributed by atoms with Gasteiger partial charge in [-0.3, -0.25) is 4.79 Å². The van der Waals surface area contributed by atoms with Crippen molar-refractivity contribution in [3.63, 3.8) is 0 Å². The number of ether oxygens (including phenoxy) is 2. The summed E-state index contributed by atoms with van der Waals surface area (Å²) in [5.41, 5.74) is 0.638. The molecule has 0 aliphatic carbocycles. The van der Waals surface area contributed by atoms with E-state index in [0.717, 1.165) is 0 Å². The van der Waals surface area contributed by atoms with E-state index in [1.165, 1.54) is 14.2 Å². The summed E-state index contributed by atoms with van der Waals surface area (Å²) >= 11 is 0. The quantitative estimate of drug-likeness (QED) is 0.704. The summed E-state index contributed by atoms with van der Waals surface area (Å²) in [6.07, 6.45) is -0.108. The van der Waals surface area contributed by atoms with Gasteiger partial charge in [0, 0.05) is 18.5 Å². The fourth-order valence-electron chi connectivity index (χ4n) is 1.69. The van der Waals surface area contributed by atoms with Gasteiger partial charge in [-0.25, -0.2) is 13.1 Å². The van der Waals surface area contributed by atoms with E-state index in [1.807, 2.05) is 0 Å². The molecule has 0 aromatic heterocycles. The van der Waals surface area contributed by atoms with E-state index in [0.29, 0.717) is 17.1 Å². The van der Waals surface area contributed by atoms with Crippen LogP contribution in [-0.2, 0) is 21.4 Å². The third-order valence-corrected chi connectivity index (χ3v) is 4.18. The van der Waals surface area contributed by atoms with Crippen LogP contribution in [-0.4, -0.2) is 39.5 Å². The molecule has 0 spiro atoms. The van der Waals surface area contributed by atoms with E-state index in [9.17, 15) is 13.2 Å². The molecule has 2 N–H and O–H groups in total. The number of sulfonamides is 1. The second-order valence-electron chi connectivity index (χ2n) is 4.32. The van der Waals surface area contributed by atoms with Crippen LogP contribution < -0.4 is 14.2 Å². The molecule has 0 saturated heterocycles. The highest BCUT2D eigenvalue weighted by molar-refractivity contribution is 7.89. The van der Waals surface area contributed by atoms with Crippen LogP contribution in [0.2, 0.25) is 0 Å². The highest BCUT2D eigenvalue weighted by Gasteiger charge is 2.13. The highest BCUT2D eigenvalue weighted by atomic mass is 32.2. The Morgan fingerprint density at radius 1 is 1.29 bits per heavy atom. The molecule has 8 heteroatoms. The molecule has 0 bridgehead atoms. The van der Waals surface area contributed by atoms with Crippen molar-refractivity contribution in [2.45, 2.75) is 19.4 Å². The Labute approximate surface area is 123 Å². The molecule has 0 atom stereocenters. The Kier molecular flexibility index (Phi) is 6.44. The van der Waals surface area contributed by atoms with E-state index >= 15 is 0 Å². The van der Waals surface area contributed by atoms with Crippen LogP contribution in [0, 0.1) is 0 Å². The fourth-order valence-corrected chi connectivity index (χ4v) is 2.74. The Morgan fingerprint density at radius 2 is 2.00 bits per heavy atom. The summed E-state index contributed by atoms with van der Waals surface area (Å²) < 4.78 is 36.2. The number of methoxy groups -OCH3 is 2. The Morgan fingerprint density at radius 3 is 2.57 bits per heavy atom. The van der Waals surface area contributed by atoms with E-state index < -0.39 is 16.0 Å². The number of carboxylic acid groups (broad SMARTS) is 1. The van der Waals surface area contributed by atoms with Gasteiger partial charge in [-0.15, -0.1) is 0 Å². The number of benzene rings is 1. The van der Waals surface area contributed by atoms with Crippen molar-refractivity contribution in [3.05, 3.63) is 23.8 Å². The lowest BCUT2D eigenvalue weighted by molar-refractivity contribution is -0.137. The van der Waals surface area contributed by atoms with Gasteiger partial charge in [0.25, 0.3) is 0 Å². The number of hydrogen-bond donors (Lipinski definition) is 2. The zero-order valence-electron chi connectivity index (χ0n) is 12.0. The molecule has 1 aromatic carbocycles. The molecule has 0 radical (unpaired) electrons. The minimum atomic E-state index is -3.53. The molecule has 118 valence electrons. The van der Waals surface area contributed by atoms with Gasteiger partial charge in [0.2, 0.25) is 10.0 Å². The molecular weight excluding hydrogens is 298 g/mol. The lowest BCUT2D eigenvalue weighted by Gasteiger charge is -2.11. The Balaban J connectivity index is 2.67. The van der Waals surface area contributed by atoms with Crippen molar-refractivity contribution >= 4 is 16.0 Å². The summed E-state index contributed by atoms with van der Waals surface area (Å²) in [5.74, 6) is -0.106. The van der Waals surface area contributed by atoms with Crippen LogP contribution in [0.1, 0.15) is 18.4 Å². The van der Waals surface area contributed by atoms with Gasteiger partial charge in [0.05, 0.1) is 20.0 Å². The van der Waals surface area contributed by atoms with E-state index in [1.54, 1.807) is 18.2 Å². The van der Waals surface area contributed by atoms with Crippen molar-refractivity contribution in [3.8, 4) is 11.5 Å². The molecular formula is C13H19NO6S. The topological polar surface area (TPSA) is 102 Å². The molecule has 1 aromatic rings. The average molecular weight is 317 g/mol. The molecule has 0 heterocycles. The van der Waals surface area contributed by atoms with Gasteiger partial charge in [-0.1, -0.05) is 0 Å². The van der Waals surface area contributed by atoms with Crippen molar-refractivity contribution in [1.29, 1.82) is 0 Å². The number of nitrogens with one attached hydrogen (secondary N) is 1. The monoisotopic (exact) mass is 317 g/mol. The normalized spacial score (nSPS) is 11.1. The minimum absolute atomic E-state index is 0.0514. The van der Waals surface area contributed by atoms with Gasteiger partial charge in [0.1, 0.15) is 11.5 Å². The first kappa shape index (κ1) is 17.3. The number of carboxylic acids is 1. The average Bonchev–Trinajstić information content (AvgIpc) is 2.44. The molecule has 0 unspecified atom stereocenters. The van der Waals surface area contributed by atoms with Crippen LogP contribution in [0.3, 0.4) is 0 Å². The third-order valence-electron chi connectivity index (χ3n) is 2.77.